The first-order chi connectivity index (χ1) is 17.7. The van der Waals surface area contributed by atoms with Crippen molar-refractivity contribution in [3.05, 3.63) is 30.6 Å². The van der Waals surface area contributed by atoms with Gasteiger partial charge in [-0.3, -0.25) is 0 Å². The molecular formula is C23H28F6N5O2PS. The highest BCUT2D eigenvalue weighted by molar-refractivity contribution is 7.99. The fraction of sp³-hybridized carbons (Fsp3) is 0.522. The van der Waals surface area contributed by atoms with E-state index in [0.717, 1.165) is 4.90 Å². The molecule has 38 heavy (non-hydrogen) atoms. The molecule has 0 amide bonds. The van der Waals surface area contributed by atoms with Gasteiger partial charge in [0, 0.05) is 0 Å². The molecule has 0 saturated carbocycles. The summed E-state index contributed by atoms with van der Waals surface area (Å²) in [7, 11) is -2.47. The summed E-state index contributed by atoms with van der Waals surface area (Å²) in [5.41, 5.74) is 6.74. The number of hydrogen-bond acceptors (Lipinski definition) is 7. The topological polar surface area (TPSA) is 88.1 Å². The zero-order valence-electron chi connectivity index (χ0n) is 20.9. The smallest absolute Gasteiger partial charge is 0.392 e. The molecule has 2 N–H and O–H groups in total. The van der Waals surface area contributed by atoms with E-state index in [9.17, 15) is 26.3 Å². The first kappa shape index (κ1) is 30.2. The van der Waals surface area contributed by atoms with Crippen molar-refractivity contribution in [3.8, 4) is 5.75 Å². The molecule has 2 heterocycles. The quantitative estimate of drug-likeness (QED) is 0.147. The monoisotopic (exact) mass is 583 g/mol. The average Bonchev–Trinajstić information content (AvgIpc) is 3.17. The van der Waals surface area contributed by atoms with Crippen LogP contribution in [0, 0.1) is 5.92 Å². The van der Waals surface area contributed by atoms with Crippen molar-refractivity contribution in [1.29, 1.82) is 0 Å². The molecule has 0 spiro atoms. The maximum absolute atomic E-state index is 12.8. The number of imidazole rings is 1. The molecule has 0 bridgehead atoms. The zero-order valence-corrected chi connectivity index (χ0v) is 22.6. The molecule has 1 atom stereocenters. The van der Waals surface area contributed by atoms with Crippen LogP contribution in [-0.4, -0.2) is 63.3 Å². The molecule has 2 aromatic heterocycles. The number of nitrogens with zero attached hydrogens (tertiary/aromatic N) is 4. The van der Waals surface area contributed by atoms with Gasteiger partial charge in [0.25, 0.3) is 0 Å². The van der Waals surface area contributed by atoms with Gasteiger partial charge < -0.3 is 19.8 Å². The summed E-state index contributed by atoms with van der Waals surface area (Å²) in [6.45, 7) is 6.25. The maximum Gasteiger partial charge on any atom is 0.392 e. The Morgan fingerprint density at radius 3 is 2.32 bits per heavy atom. The lowest BCUT2D eigenvalue weighted by Gasteiger charge is -2.23. The van der Waals surface area contributed by atoms with Crippen molar-refractivity contribution in [2.75, 3.05) is 31.0 Å². The fourth-order valence-electron chi connectivity index (χ4n) is 3.37. The number of ether oxygens (including phenoxy) is 2. The number of hydrogen-bond donors (Lipinski definition) is 1. The van der Waals surface area contributed by atoms with Crippen LogP contribution >= 0.6 is 19.7 Å². The third-order valence-corrected chi connectivity index (χ3v) is 8.04. The van der Waals surface area contributed by atoms with Gasteiger partial charge in [-0.15, -0.1) is 0 Å². The van der Waals surface area contributed by atoms with Gasteiger partial charge in [0.1, 0.15) is 16.3 Å². The summed E-state index contributed by atoms with van der Waals surface area (Å²) in [6.07, 6.45) is -12.3. The molecule has 0 aliphatic carbocycles. The van der Waals surface area contributed by atoms with Crippen molar-refractivity contribution in [2.45, 2.75) is 55.7 Å². The van der Waals surface area contributed by atoms with Crippen LogP contribution in [0.4, 0.5) is 32.3 Å². The first-order valence-corrected chi connectivity index (χ1v) is 14.3. The first-order valence-electron chi connectivity index (χ1n) is 11.6. The third kappa shape index (κ3) is 9.46. The van der Waals surface area contributed by atoms with E-state index in [1.807, 2.05) is 38.1 Å². The molecule has 1 unspecified atom stereocenters. The van der Waals surface area contributed by atoms with E-state index in [-0.39, 0.29) is 12.5 Å². The number of anilines is 1. The highest BCUT2D eigenvalue weighted by Crippen LogP contribution is 2.46. The molecule has 0 saturated heterocycles. The molecular weight excluding hydrogens is 555 g/mol. The van der Waals surface area contributed by atoms with Gasteiger partial charge in [0.15, 0.2) is 5.65 Å². The Balaban J connectivity index is 1.75. The highest BCUT2D eigenvalue weighted by Gasteiger charge is 2.38. The van der Waals surface area contributed by atoms with Gasteiger partial charge in [-0.1, -0.05) is 45.7 Å². The lowest BCUT2D eigenvalue weighted by atomic mass is 10.2. The lowest BCUT2D eigenvalue weighted by Crippen LogP contribution is -2.24. The van der Waals surface area contributed by atoms with Crippen molar-refractivity contribution in [2.24, 2.45) is 5.92 Å². The van der Waals surface area contributed by atoms with Crippen molar-refractivity contribution < 1.29 is 35.8 Å². The number of nitrogens with two attached hydrogens (primary N) is 1. The highest BCUT2D eigenvalue weighted by atomic mass is 32.2. The molecule has 15 heteroatoms. The molecule has 0 radical (unpaired) electrons. The van der Waals surface area contributed by atoms with E-state index in [2.05, 4.69) is 15.0 Å². The Kier molecular flexibility index (Phi) is 10.1. The van der Waals surface area contributed by atoms with Gasteiger partial charge in [0.2, 0.25) is 5.95 Å². The van der Waals surface area contributed by atoms with Crippen LogP contribution in [0.15, 0.2) is 40.5 Å². The Labute approximate surface area is 221 Å². The second-order valence-electron chi connectivity index (χ2n) is 9.03. The van der Waals surface area contributed by atoms with Gasteiger partial charge in [-0.25, -0.2) is 9.97 Å². The number of para-hydroxylation sites is 1. The number of aromatic nitrogens is 4. The number of fused-ring (bicyclic) bond motifs is 1. The summed E-state index contributed by atoms with van der Waals surface area (Å²) < 4.78 is 89.5. The largest absolute Gasteiger partial charge is 0.492 e. The predicted octanol–water partition coefficient (Wildman–Crippen LogP) is 6.56. The molecule has 7 nitrogen and oxygen atoms in total. The van der Waals surface area contributed by atoms with Crippen LogP contribution in [0.5, 0.6) is 5.75 Å². The Morgan fingerprint density at radius 2 is 1.68 bits per heavy atom. The minimum Gasteiger partial charge on any atom is -0.492 e. The van der Waals surface area contributed by atoms with E-state index in [0.29, 0.717) is 34.5 Å². The van der Waals surface area contributed by atoms with Gasteiger partial charge in [-0.05, 0) is 25.0 Å². The minimum atomic E-state index is -4.70. The van der Waals surface area contributed by atoms with Crippen molar-refractivity contribution in [1.82, 2.24) is 19.5 Å². The van der Waals surface area contributed by atoms with E-state index < -0.39 is 45.0 Å². The van der Waals surface area contributed by atoms with Crippen LogP contribution in [0.1, 0.15) is 20.8 Å². The second-order valence-corrected chi connectivity index (χ2v) is 12.3. The number of benzene rings is 1. The summed E-state index contributed by atoms with van der Waals surface area (Å²) in [4.78, 5) is 13.7. The van der Waals surface area contributed by atoms with Gasteiger partial charge >= 0.3 is 12.4 Å². The fourth-order valence-corrected chi connectivity index (χ4v) is 6.11. The number of halogens is 6. The SMILES string of the molecule is CC(C)COc1ccccc1Sc1nc(N)nc2c1ncn2CC(C)OCP(CC(F)(F)F)CC(F)(F)F. The molecule has 0 fully saturated rings. The third-order valence-electron chi connectivity index (χ3n) is 4.88. The maximum atomic E-state index is 12.8. The van der Waals surface area contributed by atoms with E-state index in [1.165, 1.54) is 18.1 Å². The summed E-state index contributed by atoms with van der Waals surface area (Å²) in [6, 6.07) is 7.43. The van der Waals surface area contributed by atoms with E-state index >= 15 is 0 Å². The summed E-state index contributed by atoms with van der Waals surface area (Å²) in [5, 5.41) is 0.472. The number of nitrogen functional groups attached to an aromatic ring is 1. The number of alkyl halides is 6. The van der Waals surface area contributed by atoms with Crippen LogP contribution in [0.3, 0.4) is 0 Å². The molecule has 0 aliphatic rings. The number of rotatable bonds is 12. The Hall–Kier alpha value is -2.31. The standard InChI is InChI=1S/C23H28F6N5O2PS/c1-14(2)9-35-16-6-4-5-7-17(16)38-20-18-19(32-21(30)33-20)34(12-31-18)8-15(3)36-13-37(10-22(24,25)26)11-23(27,28)29/h4-7,12,14-15H,8-11,13H2,1-3H3,(H2,30,32,33). The summed E-state index contributed by atoms with van der Waals surface area (Å²) >= 11 is 1.29. The second kappa shape index (κ2) is 12.7. The molecule has 1 aromatic carbocycles. The van der Waals surface area contributed by atoms with Crippen molar-refractivity contribution >= 4 is 36.8 Å². The molecule has 210 valence electrons. The van der Waals surface area contributed by atoms with Crippen LogP contribution in [0.25, 0.3) is 11.2 Å². The van der Waals surface area contributed by atoms with Crippen molar-refractivity contribution in [3.63, 3.8) is 0 Å². The van der Waals surface area contributed by atoms with Gasteiger partial charge in [0.05, 0.1) is 49.2 Å². The summed E-state index contributed by atoms with van der Waals surface area (Å²) in [5.74, 6) is 0.981. The van der Waals surface area contributed by atoms with E-state index in [1.54, 1.807) is 11.5 Å². The van der Waals surface area contributed by atoms with Crippen LogP contribution in [0.2, 0.25) is 0 Å². The normalized spacial score (nSPS) is 13.6. The Bertz CT molecular complexity index is 1190. The average molecular weight is 584 g/mol. The van der Waals surface area contributed by atoms with E-state index in [4.69, 9.17) is 15.2 Å². The van der Waals surface area contributed by atoms with Crippen LogP contribution in [-0.2, 0) is 11.3 Å². The zero-order chi connectivity index (χ0) is 28.1. The molecule has 3 aromatic rings. The molecule has 0 aliphatic heterocycles. The minimum absolute atomic E-state index is 0.0187. The predicted molar refractivity (Wildman–Crippen MR) is 135 cm³/mol. The Morgan fingerprint density at radius 1 is 1.03 bits per heavy atom. The van der Waals surface area contributed by atoms with Gasteiger partial charge in [-0.2, -0.15) is 31.3 Å². The lowest BCUT2D eigenvalue weighted by molar-refractivity contribution is -0.112. The molecule has 3 rings (SSSR count). The van der Waals surface area contributed by atoms with Crippen LogP contribution < -0.4 is 10.5 Å².